The maximum absolute atomic E-state index is 13.9. The third-order valence-corrected chi connectivity index (χ3v) is 35.3. The number of allylic oxidation sites excluding steroid dienone is 8. The number of benzene rings is 4. The van der Waals surface area contributed by atoms with Gasteiger partial charge in [-0.15, -0.1) is 0 Å². The van der Waals surface area contributed by atoms with Crippen LogP contribution in [0.5, 0.6) is 11.5 Å². The Morgan fingerprint density at radius 3 is 1.22 bits per heavy atom. The lowest BCUT2D eigenvalue weighted by atomic mass is 9.43. The fraction of sp³-hybridized carbons (Fsp3) is 0.455. The Morgan fingerprint density at radius 1 is 0.430 bits per heavy atom. The molecule has 0 saturated heterocycles. The number of aliphatic hydroxyl groups is 2. The number of ketones is 4. The van der Waals surface area contributed by atoms with Crippen molar-refractivity contribution in [3.63, 3.8) is 0 Å². The minimum absolute atomic E-state index is 0.00175. The lowest BCUT2D eigenvalue weighted by Gasteiger charge is -2.62. The third-order valence-electron chi connectivity index (χ3n) is 35.3. The zero-order chi connectivity index (χ0) is 88.1. The Morgan fingerprint density at radius 2 is 0.820 bits per heavy atom. The summed E-state index contributed by atoms with van der Waals surface area (Å²) < 4.78 is 24.7. The molecule has 658 valence electrons. The molecule has 24 atom stereocenters. The van der Waals surface area contributed by atoms with Crippen molar-refractivity contribution in [1.82, 2.24) is 19.9 Å². The van der Waals surface area contributed by atoms with Crippen LogP contribution < -0.4 is 9.47 Å². The highest BCUT2D eigenvalue weighted by Crippen LogP contribution is 2.71. The standard InChI is InChI=1S/C110H114N4O14/c1-59(85-37-39-87-81-35-23-65-53-73(47-49-107(65,3)89(81)57-95(115)109(85,87)5)127-105(123)63-21-33-79-83(51-63)103(121)77-13-9-7-11-75(77)101(79)119)15-45-97(117)125-71-29-17-61(18-30-71)99-91-41-25-67(111-91)55-69-27-43-93(113-69)100(94-44-28-70(114-94)56-68-26-42-92(99)112-68)62-19-31-72(32-20-62)126-98(118)46-16-60(2)86-38-40-88-82-36-24-66-54-74(48-50-108(66,4)90(82)58-96(116)110(86,88)6)128-106(124)64-22-34-80-84(52-64)104(122)78-14-10-8-12-76(78)102(80)120/h7-14,17-22,25-34,41-44,51-52,55-56,59-60,65-66,73-78,81-82,85-90,95-96,111,114-116H,15-16,23-24,35-40,45-50,53-54,57-58H2,1-6H3/t59-,60-,65-,66-,73-,74-,75?,76?,77?,78?,81+,82+,85-,86-,87+,88+,89+,90+,95+,96+,107+,108+,109-,110-/m1/s1. The number of aliphatic hydroxyl groups excluding tert-OH is 2. The zero-order valence-electron chi connectivity index (χ0n) is 73.9. The number of esters is 4. The van der Waals surface area contributed by atoms with Gasteiger partial charge in [0.05, 0.1) is 69.8 Å². The number of carbonyl (C=O) groups is 8. The van der Waals surface area contributed by atoms with E-state index in [0.717, 1.165) is 170 Å². The summed E-state index contributed by atoms with van der Waals surface area (Å²) in [5.74, 6) is 0.800. The second-order valence-electron chi connectivity index (χ2n) is 41.4. The smallest absolute Gasteiger partial charge is 0.338 e. The summed E-state index contributed by atoms with van der Waals surface area (Å²) in [6.45, 7) is 14.1. The van der Waals surface area contributed by atoms with Crippen LogP contribution in [0.3, 0.4) is 0 Å². The zero-order valence-corrected chi connectivity index (χ0v) is 73.9. The lowest BCUT2D eigenvalue weighted by Crippen LogP contribution is -2.59. The summed E-state index contributed by atoms with van der Waals surface area (Å²) >= 11 is 0. The van der Waals surface area contributed by atoms with Crippen molar-refractivity contribution < 1.29 is 67.5 Å². The van der Waals surface area contributed by atoms with Crippen LogP contribution in [0.2, 0.25) is 0 Å². The highest BCUT2D eigenvalue weighted by molar-refractivity contribution is 6.19. The van der Waals surface area contributed by atoms with Gasteiger partial charge in [0.25, 0.3) is 0 Å². The molecule has 8 bridgehead atoms. The maximum atomic E-state index is 13.9. The Bertz CT molecular complexity index is 5770. The van der Waals surface area contributed by atoms with Crippen LogP contribution >= 0.6 is 0 Å². The largest absolute Gasteiger partial charge is 0.459 e. The van der Waals surface area contributed by atoms with E-state index in [1.165, 1.54) is 0 Å². The van der Waals surface area contributed by atoms with Gasteiger partial charge in [0, 0.05) is 68.3 Å². The molecule has 8 fully saturated rings. The molecule has 7 aromatic rings. The Hall–Kier alpha value is -11.1. The molecule has 14 aliphatic rings. The molecule has 4 unspecified atom stereocenters. The molecule has 21 rings (SSSR count). The number of aromatic nitrogens is 4. The molecule has 0 radical (unpaired) electrons. The van der Waals surface area contributed by atoms with Crippen molar-refractivity contribution in [2.75, 3.05) is 0 Å². The molecule has 0 spiro atoms. The number of aromatic amines is 2. The number of nitrogens with one attached hydrogen (secondary N) is 2. The van der Waals surface area contributed by atoms with Gasteiger partial charge in [0.15, 0.2) is 23.1 Å². The van der Waals surface area contributed by atoms with E-state index in [9.17, 15) is 48.6 Å². The molecule has 4 aromatic carbocycles. The van der Waals surface area contributed by atoms with Gasteiger partial charge in [-0.25, -0.2) is 19.6 Å². The van der Waals surface area contributed by atoms with Gasteiger partial charge in [-0.2, -0.15) is 0 Å². The van der Waals surface area contributed by atoms with Gasteiger partial charge in [0.2, 0.25) is 0 Å². The van der Waals surface area contributed by atoms with Crippen molar-refractivity contribution in [2.24, 2.45) is 116 Å². The van der Waals surface area contributed by atoms with E-state index in [0.29, 0.717) is 105 Å². The summed E-state index contributed by atoms with van der Waals surface area (Å²) in [5.41, 5.74) is 11.3. The SMILES string of the molecule is C[C@H](CCC(=O)Oc1ccc(-c2c3nc(cc4ccc([nH]4)c(-c4ccc(OC(=O)CC[C@@H](C)[C@H]5CC[C@H]6[C@@H]7CC[C@@H]8C[C@H](OC(=O)c9ccc%10c(c9)C(=O)C9C=CC=CC9C%10=O)CC[C@]8(C)[C@H]7C[C@H](O)[C@]56C)cc4)c4nc(cc5ccc2[nH]5)C=C4)C=C3)cc1)[C@H]1CC[C@H]2[C@@H]3CC[C@@H]4C[C@H](OC(=O)c5ccc6c(c5)C(=O)C5C=CC=CC5C6=O)CC[C@]4(C)[C@H]3C[C@H](O)[C@]12C. The van der Waals surface area contributed by atoms with Gasteiger partial charge < -0.3 is 39.1 Å². The van der Waals surface area contributed by atoms with E-state index in [2.05, 4.69) is 63.6 Å². The first-order chi connectivity index (χ1) is 61.8. The lowest BCUT2D eigenvalue weighted by molar-refractivity contribution is -0.175. The molecule has 0 amide bonds. The summed E-state index contributed by atoms with van der Waals surface area (Å²) in [6.07, 6.45) is 37.4. The summed E-state index contributed by atoms with van der Waals surface area (Å²) in [4.78, 5) is 127. The molecular formula is C110H114N4O14. The number of hydrogen-bond acceptors (Lipinski definition) is 16. The fourth-order valence-electron chi connectivity index (χ4n) is 28.6. The van der Waals surface area contributed by atoms with Crippen LogP contribution in [0.15, 0.2) is 170 Å². The summed E-state index contributed by atoms with van der Waals surface area (Å²) in [7, 11) is 0. The van der Waals surface area contributed by atoms with E-state index in [1.54, 1.807) is 85.0 Å². The van der Waals surface area contributed by atoms with Gasteiger partial charge in [-0.1, -0.05) is 114 Å². The van der Waals surface area contributed by atoms with Crippen molar-refractivity contribution in [3.05, 3.63) is 226 Å². The predicted molar refractivity (Wildman–Crippen MR) is 490 cm³/mol. The first-order valence-electron chi connectivity index (χ1n) is 47.4. The average molecular weight is 1720 g/mol. The van der Waals surface area contributed by atoms with Gasteiger partial charge in [0.1, 0.15) is 23.7 Å². The van der Waals surface area contributed by atoms with Crippen LogP contribution in [0.1, 0.15) is 255 Å². The first-order valence-corrected chi connectivity index (χ1v) is 47.4. The van der Waals surface area contributed by atoms with Crippen LogP contribution in [0.25, 0.3) is 68.6 Å². The molecule has 3 aromatic heterocycles. The van der Waals surface area contributed by atoms with E-state index in [-0.39, 0.29) is 105 Å². The maximum Gasteiger partial charge on any atom is 0.338 e. The number of hydrogen-bond donors (Lipinski definition) is 4. The van der Waals surface area contributed by atoms with Crippen LogP contribution in [-0.4, -0.2) is 102 Å². The van der Waals surface area contributed by atoms with Crippen LogP contribution in [0, 0.1) is 116 Å². The molecule has 4 N–H and O–H groups in total. The number of H-pyrrole nitrogens is 2. The van der Waals surface area contributed by atoms with Crippen molar-refractivity contribution >= 4 is 93.4 Å². The molecule has 8 saturated carbocycles. The highest BCUT2D eigenvalue weighted by atomic mass is 16.6. The predicted octanol–water partition coefficient (Wildman–Crippen LogP) is 21.8. The average Bonchev–Trinajstić information content (AvgIpc) is 1.33. The van der Waals surface area contributed by atoms with Crippen molar-refractivity contribution in [2.45, 2.75) is 194 Å². The number of nitrogens with zero attached hydrogens (tertiary/aromatic N) is 2. The molecule has 18 nitrogen and oxygen atoms in total. The van der Waals surface area contributed by atoms with Crippen LogP contribution in [-0.2, 0) is 19.1 Å². The van der Waals surface area contributed by atoms with Crippen molar-refractivity contribution in [3.8, 4) is 33.8 Å². The number of carbonyl (C=O) groups excluding carboxylic acids is 8. The summed E-state index contributed by atoms with van der Waals surface area (Å²) in [5, 5.41) is 25.0. The molecular weight excluding hydrogens is 1600 g/mol. The fourth-order valence-corrected chi connectivity index (χ4v) is 28.6. The molecule has 5 heterocycles. The Labute approximate surface area is 747 Å². The molecule has 128 heavy (non-hydrogen) atoms. The van der Waals surface area contributed by atoms with Gasteiger partial charge >= 0.3 is 23.9 Å². The van der Waals surface area contributed by atoms with Crippen molar-refractivity contribution in [1.29, 1.82) is 0 Å². The van der Waals surface area contributed by atoms with Gasteiger partial charge in [-0.05, 0) is 341 Å². The summed E-state index contributed by atoms with van der Waals surface area (Å²) in [6, 6.07) is 37.1. The highest BCUT2D eigenvalue weighted by Gasteiger charge is 2.66. The van der Waals surface area contributed by atoms with Crippen LogP contribution in [0.4, 0.5) is 0 Å². The number of ether oxygens (including phenoxy) is 4. The Kier molecular flexibility index (Phi) is 21.3. The molecule has 2 aliphatic heterocycles. The second kappa shape index (κ2) is 32.5. The van der Waals surface area contributed by atoms with Gasteiger partial charge in [-0.3, -0.25) is 28.8 Å². The first kappa shape index (κ1) is 83.8. The van der Waals surface area contributed by atoms with E-state index in [4.69, 9.17) is 28.9 Å². The van der Waals surface area contributed by atoms with E-state index in [1.807, 2.05) is 97.1 Å². The molecule has 18 heteroatoms. The quantitative estimate of drug-likeness (QED) is 0.0517. The second-order valence-corrected chi connectivity index (χ2v) is 41.4. The van der Waals surface area contributed by atoms with E-state index >= 15 is 0 Å². The number of Topliss-reactive ketones (excluding diaryl/α,β-unsaturated/α-hetero) is 4. The minimum atomic E-state index is -0.556. The Balaban J connectivity index is 0.428. The third kappa shape index (κ3) is 14.3. The number of fused-ring (bicyclic) bond motifs is 22. The number of rotatable bonds is 16. The normalized spacial score (nSPS) is 33.5. The minimum Gasteiger partial charge on any atom is -0.459 e. The molecule has 12 aliphatic carbocycles. The topological polar surface area (TPSA) is 271 Å². The van der Waals surface area contributed by atoms with E-state index < -0.39 is 47.8 Å². The monoisotopic (exact) mass is 1710 g/mol.